The van der Waals surface area contributed by atoms with Crippen LogP contribution < -0.4 is 5.73 Å². The second-order valence-electron chi connectivity index (χ2n) is 5.62. The SMILES string of the molecule is CCOC(=O)[C@H](F)ON1C(=O)N2CC1C=C(C)[C@H]2c1nnc(C(N)=O)o1. The zero-order valence-corrected chi connectivity index (χ0v) is 13.9. The summed E-state index contributed by atoms with van der Waals surface area (Å²) in [5, 5.41) is 8.02. The molecule has 0 aromatic carbocycles. The fourth-order valence-electron chi connectivity index (χ4n) is 2.85. The number of fused-ring (bicyclic) bond motifs is 2. The Hall–Kier alpha value is -3.02. The number of hydrogen-bond acceptors (Lipinski definition) is 8. The molecular formula is C14H16FN5O6. The first kappa shape index (κ1) is 17.8. The van der Waals surface area contributed by atoms with Gasteiger partial charge in [0, 0.05) is 0 Å². The second-order valence-corrected chi connectivity index (χ2v) is 5.62. The maximum Gasteiger partial charge on any atom is 0.370 e. The Bertz CT molecular complexity index is 780. The van der Waals surface area contributed by atoms with E-state index in [9.17, 15) is 18.8 Å². The summed E-state index contributed by atoms with van der Waals surface area (Å²) in [7, 11) is 0. The molecular weight excluding hydrogens is 353 g/mol. The lowest BCUT2D eigenvalue weighted by molar-refractivity contribution is -0.223. The van der Waals surface area contributed by atoms with Gasteiger partial charge in [-0.3, -0.25) is 4.79 Å². The molecule has 11 nitrogen and oxygen atoms in total. The Morgan fingerprint density at radius 3 is 2.85 bits per heavy atom. The molecule has 1 saturated heterocycles. The molecule has 2 aliphatic heterocycles. The topological polar surface area (TPSA) is 141 Å². The highest BCUT2D eigenvalue weighted by Gasteiger charge is 2.48. The van der Waals surface area contributed by atoms with Crippen molar-refractivity contribution >= 4 is 17.9 Å². The molecule has 2 bridgehead atoms. The van der Waals surface area contributed by atoms with E-state index < -0.39 is 36.3 Å². The summed E-state index contributed by atoms with van der Waals surface area (Å²) in [5.41, 5.74) is 5.73. The number of carbonyl (C=O) groups excluding carboxylic acids is 3. The standard InChI is InChI=1S/C14H16FN5O6/c1-3-24-13(22)9(15)26-20-7-4-6(2)8(19(5-7)14(20)23)11-17-18-12(25-11)10(16)21/h4,7-9H,3,5H2,1-2H3,(H2,16,21)/t7?,8-,9+/m0/s1. The van der Waals surface area contributed by atoms with E-state index in [1.54, 1.807) is 13.0 Å². The van der Waals surface area contributed by atoms with Crippen molar-refractivity contribution in [2.24, 2.45) is 5.73 Å². The van der Waals surface area contributed by atoms with Gasteiger partial charge in [-0.2, -0.15) is 5.06 Å². The number of rotatable bonds is 6. The van der Waals surface area contributed by atoms with Gasteiger partial charge in [-0.15, -0.1) is 10.2 Å². The molecule has 2 N–H and O–H groups in total. The Kier molecular flexibility index (Phi) is 4.59. The predicted octanol–water partition coefficient (Wildman–Crippen LogP) is 0.0660. The fourth-order valence-corrected chi connectivity index (χ4v) is 2.85. The van der Waals surface area contributed by atoms with Crippen LogP contribution in [-0.4, -0.2) is 63.6 Å². The van der Waals surface area contributed by atoms with E-state index >= 15 is 0 Å². The van der Waals surface area contributed by atoms with E-state index in [1.807, 2.05) is 0 Å². The molecule has 2 aliphatic rings. The average Bonchev–Trinajstić information content (AvgIpc) is 3.15. The van der Waals surface area contributed by atoms with Crippen molar-refractivity contribution in [3.63, 3.8) is 0 Å². The van der Waals surface area contributed by atoms with Crippen LogP contribution in [0.2, 0.25) is 0 Å². The van der Waals surface area contributed by atoms with Crippen LogP contribution in [-0.2, 0) is 14.4 Å². The zero-order valence-electron chi connectivity index (χ0n) is 13.9. The molecule has 1 aromatic rings. The van der Waals surface area contributed by atoms with Crippen molar-refractivity contribution in [1.29, 1.82) is 0 Å². The zero-order chi connectivity index (χ0) is 19.0. The molecule has 12 heteroatoms. The third-order valence-electron chi connectivity index (χ3n) is 3.88. The molecule has 0 spiro atoms. The number of halogens is 1. The number of amides is 3. The van der Waals surface area contributed by atoms with Crippen LogP contribution in [0.5, 0.6) is 0 Å². The quantitative estimate of drug-likeness (QED) is 0.548. The lowest BCUT2D eigenvalue weighted by atomic mass is 10.0. The first-order chi connectivity index (χ1) is 12.3. The van der Waals surface area contributed by atoms with Gasteiger partial charge in [0.15, 0.2) is 0 Å². The Balaban J connectivity index is 1.80. The number of carbonyl (C=O) groups is 3. The summed E-state index contributed by atoms with van der Waals surface area (Å²) in [6.07, 6.45) is -0.783. The van der Waals surface area contributed by atoms with E-state index in [2.05, 4.69) is 14.9 Å². The van der Waals surface area contributed by atoms with E-state index in [4.69, 9.17) is 15.0 Å². The van der Waals surface area contributed by atoms with Gasteiger partial charge in [-0.25, -0.2) is 18.8 Å². The number of ether oxygens (including phenoxy) is 1. The minimum Gasteiger partial charge on any atom is -0.462 e. The molecule has 1 fully saturated rings. The molecule has 0 saturated carbocycles. The highest BCUT2D eigenvalue weighted by Crippen LogP contribution is 2.38. The summed E-state index contributed by atoms with van der Waals surface area (Å²) in [6.45, 7) is 3.34. The van der Waals surface area contributed by atoms with Gasteiger partial charge in [0.1, 0.15) is 6.04 Å². The van der Waals surface area contributed by atoms with Crippen molar-refractivity contribution in [1.82, 2.24) is 20.2 Å². The maximum absolute atomic E-state index is 13.9. The van der Waals surface area contributed by atoms with Crippen molar-refractivity contribution in [2.45, 2.75) is 32.3 Å². The lowest BCUT2D eigenvalue weighted by Gasteiger charge is -2.27. The third kappa shape index (κ3) is 2.98. The Labute approximate surface area is 146 Å². The van der Waals surface area contributed by atoms with Gasteiger partial charge in [0.2, 0.25) is 5.89 Å². The van der Waals surface area contributed by atoms with Gasteiger partial charge < -0.3 is 19.8 Å². The molecule has 26 heavy (non-hydrogen) atoms. The van der Waals surface area contributed by atoms with Crippen molar-refractivity contribution in [2.75, 3.05) is 13.2 Å². The van der Waals surface area contributed by atoms with Crippen LogP contribution in [0.25, 0.3) is 0 Å². The molecule has 3 atom stereocenters. The van der Waals surface area contributed by atoms with E-state index in [1.165, 1.54) is 11.8 Å². The van der Waals surface area contributed by atoms with Crippen LogP contribution >= 0.6 is 0 Å². The van der Waals surface area contributed by atoms with Gasteiger partial charge in [0.25, 0.3) is 0 Å². The minimum atomic E-state index is -2.43. The number of aromatic nitrogens is 2. The number of hydrogen-bond donors (Lipinski definition) is 1. The predicted molar refractivity (Wildman–Crippen MR) is 79.7 cm³/mol. The highest BCUT2D eigenvalue weighted by atomic mass is 19.1. The van der Waals surface area contributed by atoms with Gasteiger partial charge in [-0.05, 0) is 19.4 Å². The van der Waals surface area contributed by atoms with Gasteiger partial charge in [-0.1, -0.05) is 6.08 Å². The number of urea groups is 1. The van der Waals surface area contributed by atoms with Crippen LogP contribution in [0.4, 0.5) is 9.18 Å². The number of esters is 1. The average molecular weight is 369 g/mol. The smallest absolute Gasteiger partial charge is 0.370 e. The molecule has 140 valence electrons. The second kappa shape index (κ2) is 6.71. The van der Waals surface area contributed by atoms with Gasteiger partial charge >= 0.3 is 30.2 Å². The number of hydroxylamine groups is 2. The normalized spacial score (nSPS) is 23.0. The minimum absolute atomic E-state index is 0.0107. The van der Waals surface area contributed by atoms with Crippen LogP contribution in [0, 0.1) is 0 Å². The van der Waals surface area contributed by atoms with Crippen LogP contribution in [0.1, 0.15) is 36.5 Å². The maximum atomic E-state index is 13.9. The lowest BCUT2D eigenvalue weighted by Crippen LogP contribution is -2.38. The third-order valence-corrected chi connectivity index (χ3v) is 3.88. The van der Waals surface area contributed by atoms with E-state index in [0.717, 1.165) is 5.06 Å². The van der Waals surface area contributed by atoms with Gasteiger partial charge in [0.05, 0.1) is 19.2 Å². The summed E-state index contributed by atoms with van der Waals surface area (Å²) < 4.78 is 23.6. The fraction of sp³-hybridized carbons (Fsp3) is 0.500. The molecule has 3 rings (SSSR count). The Morgan fingerprint density at radius 1 is 1.50 bits per heavy atom. The van der Waals surface area contributed by atoms with Crippen molar-refractivity contribution in [3.05, 3.63) is 23.4 Å². The number of nitrogens with zero attached hydrogens (tertiary/aromatic N) is 4. The summed E-state index contributed by atoms with van der Waals surface area (Å²) >= 11 is 0. The number of primary amides is 1. The first-order valence-corrected chi connectivity index (χ1v) is 7.72. The van der Waals surface area contributed by atoms with E-state index in [-0.39, 0.29) is 24.9 Å². The Morgan fingerprint density at radius 2 is 2.23 bits per heavy atom. The molecule has 1 aromatic heterocycles. The summed E-state index contributed by atoms with van der Waals surface area (Å²) in [6, 6.07) is -2.06. The monoisotopic (exact) mass is 369 g/mol. The molecule has 1 unspecified atom stereocenters. The highest BCUT2D eigenvalue weighted by molar-refractivity contribution is 5.87. The number of nitrogens with two attached hydrogens (primary N) is 1. The largest absolute Gasteiger partial charge is 0.462 e. The summed E-state index contributed by atoms with van der Waals surface area (Å²) in [4.78, 5) is 41.2. The van der Waals surface area contributed by atoms with E-state index in [0.29, 0.717) is 5.57 Å². The molecule has 3 amide bonds. The van der Waals surface area contributed by atoms with Crippen molar-refractivity contribution < 1.29 is 32.8 Å². The molecule has 3 heterocycles. The first-order valence-electron chi connectivity index (χ1n) is 7.72. The molecule has 0 aliphatic carbocycles. The number of alkyl halides is 1. The molecule has 0 radical (unpaired) electrons. The van der Waals surface area contributed by atoms with Crippen LogP contribution in [0.15, 0.2) is 16.1 Å². The summed E-state index contributed by atoms with van der Waals surface area (Å²) in [5.74, 6) is -2.52. The van der Waals surface area contributed by atoms with Crippen molar-refractivity contribution in [3.8, 4) is 0 Å². The van der Waals surface area contributed by atoms with Crippen LogP contribution in [0.3, 0.4) is 0 Å².